The molecule has 0 aliphatic carbocycles. The van der Waals surface area contributed by atoms with Crippen LogP contribution in [0.2, 0.25) is 0 Å². The molecule has 1 unspecified atom stereocenters. The summed E-state index contributed by atoms with van der Waals surface area (Å²) in [5.74, 6) is 0.781. The van der Waals surface area contributed by atoms with Crippen LogP contribution >= 0.6 is 12.2 Å². The third-order valence-electron chi connectivity index (χ3n) is 2.44. The monoisotopic (exact) mass is 255 g/mol. The molecule has 0 aliphatic heterocycles. The standard InChI is InChI=1S/C13H18FNOS/c1-3-16-12-5-4-11(14)8-10(12)6-9(2)7-13(15)17/h4-5,8-9H,3,6-7H2,1-2H3,(H2,15,17). The van der Waals surface area contributed by atoms with E-state index in [4.69, 9.17) is 22.7 Å². The Balaban J connectivity index is 2.80. The number of halogens is 1. The van der Waals surface area contributed by atoms with E-state index in [0.717, 1.165) is 11.3 Å². The van der Waals surface area contributed by atoms with Gasteiger partial charge in [0.1, 0.15) is 11.6 Å². The van der Waals surface area contributed by atoms with Crippen LogP contribution in [0.1, 0.15) is 25.8 Å². The third kappa shape index (κ3) is 4.69. The largest absolute Gasteiger partial charge is 0.494 e. The molecular weight excluding hydrogens is 237 g/mol. The fourth-order valence-corrected chi connectivity index (χ4v) is 2.08. The first-order valence-electron chi connectivity index (χ1n) is 5.72. The predicted octanol–water partition coefficient (Wildman–Crippen LogP) is 3.08. The van der Waals surface area contributed by atoms with E-state index in [0.29, 0.717) is 24.4 Å². The molecule has 2 N–H and O–H groups in total. The predicted molar refractivity (Wildman–Crippen MR) is 71.8 cm³/mol. The Morgan fingerprint density at radius 1 is 1.53 bits per heavy atom. The molecular formula is C13H18FNOS. The van der Waals surface area contributed by atoms with Crippen LogP contribution < -0.4 is 10.5 Å². The molecule has 0 radical (unpaired) electrons. The highest BCUT2D eigenvalue weighted by Crippen LogP contribution is 2.24. The minimum atomic E-state index is -0.244. The average molecular weight is 255 g/mol. The fourth-order valence-electron chi connectivity index (χ4n) is 1.79. The molecule has 2 nitrogen and oxygen atoms in total. The lowest BCUT2D eigenvalue weighted by Crippen LogP contribution is -2.14. The van der Waals surface area contributed by atoms with E-state index in [1.807, 2.05) is 13.8 Å². The van der Waals surface area contributed by atoms with Crippen molar-refractivity contribution in [1.82, 2.24) is 0 Å². The Bertz CT molecular complexity index is 395. The van der Waals surface area contributed by atoms with Gasteiger partial charge in [-0.05, 0) is 43.0 Å². The summed E-state index contributed by atoms with van der Waals surface area (Å²) < 4.78 is 18.7. The molecule has 1 aromatic rings. The molecule has 0 bridgehead atoms. The van der Waals surface area contributed by atoms with E-state index < -0.39 is 0 Å². The molecule has 0 heterocycles. The highest BCUT2D eigenvalue weighted by Gasteiger charge is 2.10. The van der Waals surface area contributed by atoms with Gasteiger partial charge in [-0.3, -0.25) is 0 Å². The molecule has 1 atom stereocenters. The summed E-state index contributed by atoms with van der Waals surface area (Å²) in [6.07, 6.45) is 1.38. The normalized spacial score (nSPS) is 12.2. The molecule has 0 spiro atoms. The van der Waals surface area contributed by atoms with Crippen molar-refractivity contribution in [1.29, 1.82) is 0 Å². The first-order valence-corrected chi connectivity index (χ1v) is 6.13. The Kier molecular flexibility index (Phi) is 5.35. The van der Waals surface area contributed by atoms with E-state index >= 15 is 0 Å². The lowest BCUT2D eigenvalue weighted by atomic mass is 9.97. The van der Waals surface area contributed by atoms with Gasteiger partial charge in [-0.1, -0.05) is 19.1 Å². The highest BCUT2D eigenvalue weighted by atomic mass is 32.1. The summed E-state index contributed by atoms with van der Waals surface area (Å²) in [5.41, 5.74) is 6.37. The van der Waals surface area contributed by atoms with Gasteiger partial charge < -0.3 is 10.5 Å². The second-order valence-corrected chi connectivity index (χ2v) is 4.69. The van der Waals surface area contributed by atoms with Crippen molar-refractivity contribution < 1.29 is 9.13 Å². The Labute approximate surface area is 107 Å². The minimum absolute atomic E-state index is 0.244. The van der Waals surface area contributed by atoms with E-state index in [9.17, 15) is 4.39 Å². The van der Waals surface area contributed by atoms with Crippen LogP contribution in [-0.4, -0.2) is 11.6 Å². The van der Waals surface area contributed by atoms with E-state index in [1.165, 1.54) is 12.1 Å². The van der Waals surface area contributed by atoms with Gasteiger partial charge in [0.2, 0.25) is 0 Å². The molecule has 1 aromatic carbocycles. The SMILES string of the molecule is CCOc1ccc(F)cc1CC(C)CC(N)=S. The van der Waals surface area contributed by atoms with Crippen LogP contribution in [0.25, 0.3) is 0 Å². The smallest absolute Gasteiger partial charge is 0.123 e. The van der Waals surface area contributed by atoms with Crippen LogP contribution in [0.15, 0.2) is 18.2 Å². The topological polar surface area (TPSA) is 35.2 Å². The van der Waals surface area contributed by atoms with Gasteiger partial charge in [0.15, 0.2) is 0 Å². The van der Waals surface area contributed by atoms with Crippen molar-refractivity contribution in [3.8, 4) is 5.75 Å². The third-order valence-corrected chi connectivity index (χ3v) is 2.61. The van der Waals surface area contributed by atoms with Crippen LogP contribution in [0, 0.1) is 11.7 Å². The highest BCUT2D eigenvalue weighted by molar-refractivity contribution is 7.80. The summed E-state index contributed by atoms with van der Waals surface area (Å²) in [7, 11) is 0. The maximum atomic E-state index is 13.2. The molecule has 0 aromatic heterocycles. The Morgan fingerprint density at radius 2 is 2.24 bits per heavy atom. The van der Waals surface area contributed by atoms with E-state index in [1.54, 1.807) is 6.07 Å². The van der Waals surface area contributed by atoms with Crippen molar-refractivity contribution >= 4 is 17.2 Å². The van der Waals surface area contributed by atoms with Crippen molar-refractivity contribution in [2.24, 2.45) is 11.7 Å². The first-order chi connectivity index (χ1) is 8.02. The molecule has 94 valence electrons. The number of hydrogen-bond acceptors (Lipinski definition) is 2. The van der Waals surface area contributed by atoms with Crippen LogP contribution in [0.4, 0.5) is 4.39 Å². The number of hydrogen-bond donors (Lipinski definition) is 1. The summed E-state index contributed by atoms with van der Waals surface area (Å²) in [6, 6.07) is 4.59. The molecule has 1 rings (SSSR count). The summed E-state index contributed by atoms with van der Waals surface area (Å²) in [6.45, 7) is 4.52. The molecule has 0 saturated heterocycles. The van der Waals surface area contributed by atoms with Gasteiger partial charge in [-0.15, -0.1) is 0 Å². The maximum Gasteiger partial charge on any atom is 0.123 e. The minimum Gasteiger partial charge on any atom is -0.494 e. The zero-order chi connectivity index (χ0) is 12.8. The van der Waals surface area contributed by atoms with Crippen molar-refractivity contribution in [2.45, 2.75) is 26.7 Å². The van der Waals surface area contributed by atoms with Crippen molar-refractivity contribution in [3.63, 3.8) is 0 Å². The summed E-state index contributed by atoms with van der Waals surface area (Å²) >= 11 is 4.87. The molecule has 0 amide bonds. The van der Waals surface area contributed by atoms with Gasteiger partial charge in [0.25, 0.3) is 0 Å². The lowest BCUT2D eigenvalue weighted by molar-refractivity contribution is 0.334. The Morgan fingerprint density at radius 3 is 2.82 bits per heavy atom. The maximum absolute atomic E-state index is 13.2. The first kappa shape index (κ1) is 13.9. The molecule has 0 saturated carbocycles. The van der Waals surface area contributed by atoms with Gasteiger partial charge in [-0.25, -0.2) is 4.39 Å². The van der Waals surface area contributed by atoms with Crippen LogP contribution in [-0.2, 0) is 6.42 Å². The summed E-state index contributed by atoms with van der Waals surface area (Å²) in [4.78, 5) is 0.492. The molecule has 0 aliphatic rings. The zero-order valence-corrected chi connectivity index (χ0v) is 11.0. The Hall–Kier alpha value is -1.16. The second-order valence-electron chi connectivity index (χ2n) is 4.16. The van der Waals surface area contributed by atoms with Crippen molar-refractivity contribution in [2.75, 3.05) is 6.61 Å². The number of ether oxygens (including phenoxy) is 1. The molecule has 0 fully saturated rings. The fraction of sp³-hybridized carbons (Fsp3) is 0.462. The number of thiocarbonyl (C=S) groups is 1. The van der Waals surface area contributed by atoms with E-state index in [2.05, 4.69) is 0 Å². The molecule has 17 heavy (non-hydrogen) atoms. The average Bonchev–Trinajstić information content (AvgIpc) is 2.21. The summed E-state index contributed by atoms with van der Waals surface area (Å²) in [5, 5.41) is 0. The number of nitrogens with two attached hydrogens (primary N) is 1. The zero-order valence-electron chi connectivity index (χ0n) is 10.2. The van der Waals surface area contributed by atoms with Crippen LogP contribution in [0.5, 0.6) is 5.75 Å². The van der Waals surface area contributed by atoms with Gasteiger partial charge in [0, 0.05) is 6.42 Å². The van der Waals surface area contributed by atoms with Gasteiger partial charge in [-0.2, -0.15) is 0 Å². The van der Waals surface area contributed by atoms with Gasteiger partial charge >= 0.3 is 0 Å². The molecule has 4 heteroatoms. The van der Waals surface area contributed by atoms with Crippen molar-refractivity contribution in [3.05, 3.63) is 29.6 Å². The van der Waals surface area contributed by atoms with Gasteiger partial charge in [0.05, 0.1) is 11.6 Å². The number of rotatable bonds is 6. The lowest BCUT2D eigenvalue weighted by Gasteiger charge is -2.14. The quantitative estimate of drug-likeness (QED) is 0.793. The number of benzene rings is 1. The second kappa shape index (κ2) is 6.55. The van der Waals surface area contributed by atoms with E-state index in [-0.39, 0.29) is 11.7 Å². The van der Waals surface area contributed by atoms with Crippen LogP contribution in [0.3, 0.4) is 0 Å².